The molecular weight excluding hydrogens is 188 g/mol. The zero-order valence-electron chi connectivity index (χ0n) is 7.89. The van der Waals surface area contributed by atoms with E-state index in [1.165, 1.54) is 0 Å². The third-order valence-corrected chi connectivity index (χ3v) is 2.66. The maximum Gasteiger partial charge on any atom is 0.518 e. The summed E-state index contributed by atoms with van der Waals surface area (Å²) in [4.78, 5) is 21.8. The summed E-state index contributed by atoms with van der Waals surface area (Å²) >= 11 is 0. The predicted octanol–water partition coefficient (Wildman–Crippen LogP) is 1.85. The van der Waals surface area contributed by atoms with Crippen LogP contribution in [0.25, 0.3) is 0 Å². The summed E-state index contributed by atoms with van der Waals surface area (Å²) in [5.41, 5.74) is 0. The molecule has 1 aliphatic heterocycles. The summed E-state index contributed by atoms with van der Waals surface area (Å²) < 4.78 is 14.1. The summed E-state index contributed by atoms with van der Waals surface area (Å²) in [6.45, 7) is 2.08. The number of cyclic esters (lactones) is 2. The lowest BCUT2D eigenvalue weighted by Crippen LogP contribution is -2.36. The quantitative estimate of drug-likeness (QED) is 0.441. The summed E-state index contributed by atoms with van der Waals surface area (Å²) in [6, 6.07) is 0. The topological polar surface area (TPSA) is 61.8 Å². The van der Waals surface area contributed by atoms with Gasteiger partial charge in [0.25, 0.3) is 0 Å². The van der Waals surface area contributed by atoms with Crippen LogP contribution >= 0.6 is 0 Å². The molecule has 0 spiro atoms. The Hall–Kier alpha value is -1.26. The molecule has 0 bridgehead atoms. The van der Waals surface area contributed by atoms with Crippen LogP contribution in [0, 0.1) is 5.92 Å². The first-order valence-electron chi connectivity index (χ1n) is 4.74. The number of fused-ring (bicyclic) bond motifs is 1. The van der Waals surface area contributed by atoms with Crippen LogP contribution in [-0.2, 0) is 14.2 Å². The van der Waals surface area contributed by atoms with Crippen LogP contribution in [0.2, 0.25) is 0 Å². The molecule has 0 aromatic carbocycles. The molecule has 14 heavy (non-hydrogen) atoms. The molecule has 0 amide bonds. The van der Waals surface area contributed by atoms with Gasteiger partial charge in [0.15, 0.2) is 0 Å². The Balaban J connectivity index is 2.09. The van der Waals surface area contributed by atoms with Crippen molar-refractivity contribution in [1.29, 1.82) is 0 Å². The summed E-state index contributed by atoms with van der Waals surface area (Å²) in [6.07, 6.45) is -0.121. The minimum Gasteiger partial charge on any atom is -0.427 e. The maximum atomic E-state index is 10.9. The summed E-state index contributed by atoms with van der Waals surface area (Å²) in [5.74, 6) is 0.487. The fraction of sp³-hybridized carbons (Fsp3) is 0.778. The van der Waals surface area contributed by atoms with Crippen molar-refractivity contribution >= 4 is 12.3 Å². The molecule has 2 fully saturated rings. The van der Waals surface area contributed by atoms with Crippen LogP contribution in [0.5, 0.6) is 0 Å². The fourth-order valence-electron chi connectivity index (χ4n) is 1.92. The molecule has 0 aromatic rings. The average molecular weight is 200 g/mol. The highest BCUT2D eigenvalue weighted by molar-refractivity contribution is 5.77. The van der Waals surface area contributed by atoms with Crippen molar-refractivity contribution in [2.45, 2.75) is 38.4 Å². The van der Waals surface area contributed by atoms with E-state index in [2.05, 4.69) is 11.7 Å². The minimum atomic E-state index is -0.948. The molecule has 0 aromatic heterocycles. The second-order valence-electron chi connectivity index (χ2n) is 3.83. The van der Waals surface area contributed by atoms with E-state index in [-0.39, 0.29) is 12.2 Å². The van der Waals surface area contributed by atoms with Gasteiger partial charge >= 0.3 is 12.3 Å². The largest absolute Gasteiger partial charge is 0.518 e. The number of ether oxygens (including phenoxy) is 3. The number of rotatable bonds is 0. The Labute approximate surface area is 81.3 Å². The number of carbonyl (C=O) groups excluding carboxylic acids is 2. The van der Waals surface area contributed by atoms with Gasteiger partial charge in [0.2, 0.25) is 0 Å². The molecule has 3 unspecified atom stereocenters. The minimum absolute atomic E-state index is 0.329. The van der Waals surface area contributed by atoms with E-state index in [0.717, 1.165) is 19.3 Å². The first kappa shape index (κ1) is 9.30. The molecule has 0 N–H and O–H groups in total. The Morgan fingerprint density at radius 3 is 2.43 bits per heavy atom. The third-order valence-electron chi connectivity index (χ3n) is 2.66. The van der Waals surface area contributed by atoms with E-state index in [4.69, 9.17) is 9.47 Å². The van der Waals surface area contributed by atoms with Gasteiger partial charge in [-0.3, -0.25) is 0 Å². The lowest BCUT2D eigenvalue weighted by Gasteiger charge is -2.30. The van der Waals surface area contributed by atoms with E-state index < -0.39 is 12.3 Å². The van der Waals surface area contributed by atoms with Gasteiger partial charge in [0, 0.05) is 0 Å². The molecule has 78 valence electrons. The average Bonchev–Trinajstić information content (AvgIpc) is 2.21. The third kappa shape index (κ3) is 1.81. The van der Waals surface area contributed by atoms with E-state index in [1.54, 1.807) is 0 Å². The van der Waals surface area contributed by atoms with Gasteiger partial charge in [0.1, 0.15) is 12.2 Å². The second kappa shape index (κ2) is 3.48. The van der Waals surface area contributed by atoms with Gasteiger partial charge in [-0.25, -0.2) is 9.59 Å². The van der Waals surface area contributed by atoms with Crippen LogP contribution in [0.3, 0.4) is 0 Å². The van der Waals surface area contributed by atoms with E-state index in [0.29, 0.717) is 5.92 Å². The zero-order chi connectivity index (χ0) is 10.1. The highest BCUT2D eigenvalue weighted by Gasteiger charge is 2.38. The molecule has 0 radical (unpaired) electrons. The van der Waals surface area contributed by atoms with Gasteiger partial charge in [-0.05, 0) is 25.2 Å². The van der Waals surface area contributed by atoms with Crippen molar-refractivity contribution in [3.63, 3.8) is 0 Å². The van der Waals surface area contributed by atoms with Gasteiger partial charge in [-0.1, -0.05) is 6.92 Å². The van der Waals surface area contributed by atoms with Crippen LogP contribution < -0.4 is 0 Å². The number of hydrogen-bond acceptors (Lipinski definition) is 5. The second-order valence-corrected chi connectivity index (χ2v) is 3.83. The fourth-order valence-corrected chi connectivity index (χ4v) is 1.92. The molecule has 5 nitrogen and oxygen atoms in total. The Morgan fingerprint density at radius 1 is 1.07 bits per heavy atom. The van der Waals surface area contributed by atoms with E-state index >= 15 is 0 Å². The molecule has 3 atom stereocenters. The van der Waals surface area contributed by atoms with E-state index in [1.807, 2.05) is 0 Å². The van der Waals surface area contributed by atoms with Gasteiger partial charge in [-0.2, -0.15) is 0 Å². The predicted molar refractivity (Wildman–Crippen MR) is 44.6 cm³/mol. The number of hydrogen-bond donors (Lipinski definition) is 0. The standard InChI is InChI=1S/C9H12O5/c1-5-2-3-6-7(4-5)13-9(11)14-8(10)12-6/h5-7H,2-4H2,1H3. The van der Waals surface area contributed by atoms with Crippen molar-refractivity contribution in [2.24, 2.45) is 5.92 Å². The SMILES string of the molecule is CC1CCC2OC(=O)OC(=O)OC2C1. The summed E-state index contributed by atoms with van der Waals surface area (Å²) in [7, 11) is 0. The zero-order valence-corrected chi connectivity index (χ0v) is 7.89. The number of carbonyl (C=O) groups is 2. The van der Waals surface area contributed by atoms with Gasteiger partial charge < -0.3 is 14.2 Å². The van der Waals surface area contributed by atoms with Crippen LogP contribution in [0.4, 0.5) is 9.59 Å². The maximum absolute atomic E-state index is 10.9. The van der Waals surface area contributed by atoms with Crippen molar-refractivity contribution in [3.05, 3.63) is 0 Å². The normalized spacial score (nSPS) is 37.4. The van der Waals surface area contributed by atoms with Crippen molar-refractivity contribution < 1.29 is 23.8 Å². The lowest BCUT2D eigenvalue weighted by molar-refractivity contribution is -0.0228. The van der Waals surface area contributed by atoms with Crippen molar-refractivity contribution in [3.8, 4) is 0 Å². The molecule has 2 aliphatic rings. The first-order valence-corrected chi connectivity index (χ1v) is 4.74. The van der Waals surface area contributed by atoms with Crippen LogP contribution in [-0.4, -0.2) is 24.5 Å². The highest BCUT2D eigenvalue weighted by Crippen LogP contribution is 2.30. The summed E-state index contributed by atoms with van der Waals surface area (Å²) in [5, 5.41) is 0. The molecule has 1 aliphatic carbocycles. The molecular formula is C9H12O5. The molecule has 1 saturated heterocycles. The Morgan fingerprint density at radius 2 is 1.71 bits per heavy atom. The van der Waals surface area contributed by atoms with Gasteiger partial charge in [0.05, 0.1) is 0 Å². The van der Waals surface area contributed by atoms with Crippen molar-refractivity contribution in [2.75, 3.05) is 0 Å². The Bertz CT molecular complexity index is 262. The van der Waals surface area contributed by atoms with Crippen molar-refractivity contribution in [1.82, 2.24) is 0 Å². The molecule has 1 saturated carbocycles. The van der Waals surface area contributed by atoms with Gasteiger partial charge in [-0.15, -0.1) is 0 Å². The van der Waals surface area contributed by atoms with E-state index in [9.17, 15) is 9.59 Å². The first-order chi connectivity index (χ1) is 6.65. The molecule has 2 rings (SSSR count). The molecule has 5 heteroatoms. The highest BCUT2D eigenvalue weighted by atomic mass is 16.8. The smallest absolute Gasteiger partial charge is 0.427 e. The molecule has 1 heterocycles. The lowest BCUT2D eigenvalue weighted by atomic mass is 9.86. The van der Waals surface area contributed by atoms with Crippen LogP contribution in [0.1, 0.15) is 26.2 Å². The van der Waals surface area contributed by atoms with Crippen LogP contribution in [0.15, 0.2) is 0 Å². The monoisotopic (exact) mass is 200 g/mol. The Kier molecular flexibility index (Phi) is 2.31.